The Morgan fingerprint density at radius 1 is 0.423 bits per heavy atom. The third kappa shape index (κ3) is 23.7. The van der Waals surface area contributed by atoms with E-state index in [0.29, 0.717) is 92.4 Å². The predicted molar refractivity (Wildman–Crippen MR) is 99.7 cm³/mol. The molecule has 0 bridgehead atoms. The molecule has 0 aromatic heterocycles. The second-order valence-electron chi connectivity index (χ2n) is 5.43. The molecule has 0 aliphatic rings. The van der Waals surface area contributed by atoms with Gasteiger partial charge in [0.2, 0.25) is 0 Å². The largest absolute Gasteiger partial charge is 0.379 e. The summed E-state index contributed by atoms with van der Waals surface area (Å²) < 4.78 is 37.5. The van der Waals surface area contributed by atoms with Crippen LogP contribution in [0, 0.1) is 0 Å². The summed E-state index contributed by atoms with van der Waals surface area (Å²) in [7, 11) is 0. The highest BCUT2D eigenvalue weighted by atomic mass is 16.6. The molecule has 0 radical (unpaired) electrons. The smallest absolute Gasteiger partial charge is 0.0701 e. The lowest BCUT2D eigenvalue weighted by atomic mass is 10.4. The lowest BCUT2D eigenvalue weighted by Gasteiger charge is -2.08. The van der Waals surface area contributed by atoms with Crippen LogP contribution >= 0.6 is 0 Å². The normalized spacial score (nSPS) is 11.3. The van der Waals surface area contributed by atoms with Crippen LogP contribution in [0.5, 0.6) is 0 Å². The number of hydrogen-bond donors (Lipinski definition) is 1. The van der Waals surface area contributed by atoms with E-state index in [0.717, 1.165) is 19.4 Å². The number of ether oxygens (including phenoxy) is 7. The molecular weight excluding hydrogens is 342 g/mol. The van der Waals surface area contributed by atoms with E-state index in [1.54, 1.807) is 0 Å². The second kappa shape index (κ2) is 24.7. The fraction of sp³-hybridized carbons (Fsp3) is 1.00. The third-order valence-corrected chi connectivity index (χ3v) is 3.14. The van der Waals surface area contributed by atoms with Gasteiger partial charge >= 0.3 is 0 Å². The van der Waals surface area contributed by atoms with E-state index in [9.17, 15) is 0 Å². The Balaban J connectivity index is 2.95. The van der Waals surface area contributed by atoms with Gasteiger partial charge in [-0.05, 0) is 6.42 Å². The molecule has 0 saturated carbocycles. The van der Waals surface area contributed by atoms with Crippen molar-refractivity contribution in [3.63, 3.8) is 0 Å². The molecule has 0 saturated heterocycles. The lowest BCUT2D eigenvalue weighted by molar-refractivity contribution is -0.0203. The number of hydrogen-bond acceptors (Lipinski definition) is 8. The molecule has 8 nitrogen and oxygen atoms in total. The highest BCUT2D eigenvalue weighted by Gasteiger charge is 1.94. The molecule has 0 heterocycles. The first kappa shape index (κ1) is 25.7. The molecule has 158 valence electrons. The van der Waals surface area contributed by atoms with Gasteiger partial charge in [0.15, 0.2) is 0 Å². The SMILES string of the molecule is CCCCOCCOCCOCCOCCOCCOCCOCCN. The molecule has 0 rings (SSSR count). The van der Waals surface area contributed by atoms with Gasteiger partial charge in [-0.3, -0.25) is 0 Å². The molecule has 0 fully saturated rings. The Kier molecular flexibility index (Phi) is 24.4. The molecule has 0 aromatic carbocycles. The van der Waals surface area contributed by atoms with Gasteiger partial charge in [0.05, 0.1) is 85.9 Å². The first-order valence-corrected chi connectivity index (χ1v) is 9.66. The van der Waals surface area contributed by atoms with Crippen LogP contribution in [0.1, 0.15) is 19.8 Å². The Labute approximate surface area is 158 Å². The highest BCUT2D eigenvalue weighted by Crippen LogP contribution is 1.88. The van der Waals surface area contributed by atoms with Crippen molar-refractivity contribution in [3.8, 4) is 0 Å². The predicted octanol–water partition coefficient (Wildman–Crippen LogP) is 0.861. The fourth-order valence-electron chi connectivity index (χ4n) is 1.75. The first-order chi connectivity index (χ1) is 12.9. The van der Waals surface area contributed by atoms with E-state index in [2.05, 4.69) is 6.92 Å². The van der Waals surface area contributed by atoms with Crippen molar-refractivity contribution in [2.24, 2.45) is 5.73 Å². The summed E-state index contributed by atoms with van der Waals surface area (Å²) in [5.74, 6) is 0. The Hall–Kier alpha value is -0.320. The Morgan fingerprint density at radius 2 is 0.692 bits per heavy atom. The van der Waals surface area contributed by atoms with E-state index in [1.165, 1.54) is 0 Å². The summed E-state index contributed by atoms with van der Waals surface area (Å²) >= 11 is 0. The van der Waals surface area contributed by atoms with Crippen LogP contribution in [0.3, 0.4) is 0 Å². The molecular formula is C18H39NO7. The summed E-state index contributed by atoms with van der Waals surface area (Å²) in [6, 6.07) is 0. The van der Waals surface area contributed by atoms with Crippen LogP contribution in [0.2, 0.25) is 0 Å². The van der Waals surface area contributed by atoms with Gasteiger partial charge < -0.3 is 38.9 Å². The number of unbranched alkanes of at least 4 members (excludes halogenated alkanes) is 1. The zero-order valence-corrected chi connectivity index (χ0v) is 16.5. The maximum absolute atomic E-state index is 5.41. The van der Waals surface area contributed by atoms with Gasteiger partial charge in [-0.25, -0.2) is 0 Å². The van der Waals surface area contributed by atoms with Crippen molar-refractivity contribution in [2.45, 2.75) is 19.8 Å². The minimum Gasteiger partial charge on any atom is -0.379 e. The molecule has 8 heteroatoms. The molecule has 0 aliphatic carbocycles. The van der Waals surface area contributed by atoms with Crippen LogP contribution in [0.4, 0.5) is 0 Å². The molecule has 0 aliphatic heterocycles. The molecule has 0 amide bonds. The van der Waals surface area contributed by atoms with Crippen LogP contribution in [0.25, 0.3) is 0 Å². The van der Waals surface area contributed by atoms with Crippen molar-refractivity contribution in [2.75, 3.05) is 99.0 Å². The Morgan fingerprint density at radius 3 is 0.962 bits per heavy atom. The van der Waals surface area contributed by atoms with E-state index < -0.39 is 0 Å². The standard InChI is InChI=1S/C18H39NO7/c1-2-3-5-20-7-9-22-11-13-24-15-17-26-18-16-25-14-12-23-10-8-21-6-4-19/h2-19H2,1H3. The lowest BCUT2D eigenvalue weighted by Crippen LogP contribution is -2.15. The van der Waals surface area contributed by atoms with Gasteiger partial charge in [0.1, 0.15) is 0 Å². The second-order valence-corrected chi connectivity index (χ2v) is 5.43. The minimum absolute atomic E-state index is 0.538. The molecule has 0 atom stereocenters. The van der Waals surface area contributed by atoms with Crippen LogP contribution in [-0.2, 0) is 33.2 Å². The molecule has 0 unspecified atom stereocenters. The average Bonchev–Trinajstić information content (AvgIpc) is 2.66. The average molecular weight is 382 g/mol. The third-order valence-electron chi connectivity index (χ3n) is 3.14. The first-order valence-electron chi connectivity index (χ1n) is 9.66. The van der Waals surface area contributed by atoms with Gasteiger partial charge in [-0.15, -0.1) is 0 Å². The van der Waals surface area contributed by atoms with Crippen molar-refractivity contribution in [3.05, 3.63) is 0 Å². The minimum atomic E-state index is 0.538. The Bertz CT molecular complexity index is 224. The summed E-state index contributed by atoms with van der Waals surface area (Å²) in [6.07, 6.45) is 2.26. The van der Waals surface area contributed by atoms with Crippen molar-refractivity contribution in [1.29, 1.82) is 0 Å². The molecule has 26 heavy (non-hydrogen) atoms. The topological polar surface area (TPSA) is 90.6 Å². The maximum Gasteiger partial charge on any atom is 0.0701 e. The summed E-state index contributed by atoms with van der Waals surface area (Å²) in [5, 5.41) is 0. The molecule has 0 aromatic rings. The maximum atomic E-state index is 5.41. The highest BCUT2D eigenvalue weighted by molar-refractivity contribution is 4.38. The van der Waals surface area contributed by atoms with Crippen molar-refractivity contribution >= 4 is 0 Å². The number of rotatable bonds is 23. The zero-order chi connectivity index (χ0) is 19.0. The molecule has 2 N–H and O–H groups in total. The van der Waals surface area contributed by atoms with Crippen LogP contribution in [0.15, 0.2) is 0 Å². The quantitative estimate of drug-likeness (QED) is 0.261. The fourth-order valence-corrected chi connectivity index (χ4v) is 1.75. The van der Waals surface area contributed by atoms with E-state index in [4.69, 9.17) is 38.9 Å². The van der Waals surface area contributed by atoms with Crippen molar-refractivity contribution < 1.29 is 33.2 Å². The summed E-state index contributed by atoms with van der Waals surface area (Å²) in [6.45, 7) is 10.9. The van der Waals surface area contributed by atoms with Crippen LogP contribution in [-0.4, -0.2) is 99.0 Å². The monoisotopic (exact) mass is 381 g/mol. The summed E-state index contributed by atoms with van der Waals surface area (Å²) in [5.41, 5.74) is 5.30. The number of nitrogens with two attached hydrogens (primary N) is 1. The van der Waals surface area contributed by atoms with Gasteiger partial charge in [-0.2, -0.15) is 0 Å². The van der Waals surface area contributed by atoms with E-state index >= 15 is 0 Å². The zero-order valence-electron chi connectivity index (χ0n) is 16.5. The van der Waals surface area contributed by atoms with Gasteiger partial charge in [-0.1, -0.05) is 13.3 Å². The van der Waals surface area contributed by atoms with Gasteiger partial charge in [0.25, 0.3) is 0 Å². The van der Waals surface area contributed by atoms with E-state index in [-0.39, 0.29) is 0 Å². The van der Waals surface area contributed by atoms with Crippen LogP contribution < -0.4 is 5.73 Å². The molecule has 0 spiro atoms. The van der Waals surface area contributed by atoms with Crippen molar-refractivity contribution in [1.82, 2.24) is 0 Å². The summed E-state index contributed by atoms with van der Waals surface area (Å²) in [4.78, 5) is 0. The van der Waals surface area contributed by atoms with Gasteiger partial charge in [0, 0.05) is 13.2 Å². The van der Waals surface area contributed by atoms with E-state index in [1.807, 2.05) is 0 Å².